The van der Waals surface area contributed by atoms with Gasteiger partial charge in [0.15, 0.2) is 11.0 Å². The number of aromatic nitrogens is 3. The van der Waals surface area contributed by atoms with E-state index >= 15 is 0 Å². The standard InChI is InChI=1S/C18H19N3OS/c1-3-22-16-12-10-15(11-13-16)21-17(14-8-6-5-7-9-14)19-20-18(21)23-4-2/h5-13H,3-4H2,1-2H3. The summed E-state index contributed by atoms with van der Waals surface area (Å²) in [6, 6.07) is 18.2. The molecule has 0 amide bonds. The topological polar surface area (TPSA) is 39.9 Å². The summed E-state index contributed by atoms with van der Waals surface area (Å²) in [6.45, 7) is 4.76. The van der Waals surface area contributed by atoms with Crippen molar-refractivity contribution in [1.29, 1.82) is 0 Å². The maximum absolute atomic E-state index is 5.53. The molecule has 118 valence electrons. The number of nitrogens with zero attached hydrogens (tertiary/aromatic N) is 3. The minimum Gasteiger partial charge on any atom is -0.494 e. The zero-order valence-corrected chi connectivity index (χ0v) is 14.1. The first-order chi connectivity index (χ1) is 11.3. The maximum Gasteiger partial charge on any atom is 0.196 e. The van der Waals surface area contributed by atoms with E-state index in [2.05, 4.69) is 33.8 Å². The molecule has 2 aromatic carbocycles. The third-order valence-corrected chi connectivity index (χ3v) is 4.16. The van der Waals surface area contributed by atoms with Crippen LogP contribution in [0.15, 0.2) is 59.8 Å². The van der Waals surface area contributed by atoms with Crippen molar-refractivity contribution in [2.24, 2.45) is 0 Å². The molecule has 1 heterocycles. The van der Waals surface area contributed by atoms with Crippen molar-refractivity contribution in [3.63, 3.8) is 0 Å². The molecule has 0 radical (unpaired) electrons. The Kier molecular flexibility index (Phi) is 4.98. The number of rotatable bonds is 6. The van der Waals surface area contributed by atoms with E-state index in [1.807, 2.05) is 49.4 Å². The van der Waals surface area contributed by atoms with Gasteiger partial charge in [-0.05, 0) is 36.9 Å². The third-order valence-electron chi connectivity index (χ3n) is 3.34. The van der Waals surface area contributed by atoms with Crippen LogP contribution in [-0.2, 0) is 0 Å². The monoisotopic (exact) mass is 325 g/mol. The largest absolute Gasteiger partial charge is 0.494 e. The van der Waals surface area contributed by atoms with Gasteiger partial charge in [0.2, 0.25) is 0 Å². The number of ether oxygens (including phenoxy) is 1. The van der Waals surface area contributed by atoms with E-state index in [9.17, 15) is 0 Å². The highest BCUT2D eigenvalue weighted by atomic mass is 32.2. The Morgan fingerprint density at radius 3 is 2.35 bits per heavy atom. The van der Waals surface area contributed by atoms with E-state index in [1.165, 1.54) is 0 Å². The van der Waals surface area contributed by atoms with Crippen LogP contribution in [0.4, 0.5) is 0 Å². The minimum atomic E-state index is 0.665. The number of benzene rings is 2. The lowest BCUT2D eigenvalue weighted by molar-refractivity contribution is 0.340. The van der Waals surface area contributed by atoms with Gasteiger partial charge >= 0.3 is 0 Å². The lowest BCUT2D eigenvalue weighted by Gasteiger charge is -2.11. The number of hydrogen-bond donors (Lipinski definition) is 0. The van der Waals surface area contributed by atoms with Crippen LogP contribution in [0.3, 0.4) is 0 Å². The molecule has 0 aliphatic heterocycles. The van der Waals surface area contributed by atoms with Crippen LogP contribution in [-0.4, -0.2) is 27.1 Å². The number of thioether (sulfide) groups is 1. The first-order valence-corrected chi connectivity index (χ1v) is 8.69. The molecule has 3 rings (SSSR count). The van der Waals surface area contributed by atoms with Gasteiger partial charge in [-0.3, -0.25) is 4.57 Å². The van der Waals surface area contributed by atoms with Gasteiger partial charge in [-0.25, -0.2) is 0 Å². The van der Waals surface area contributed by atoms with Crippen molar-refractivity contribution in [2.45, 2.75) is 19.0 Å². The fourth-order valence-corrected chi connectivity index (χ4v) is 3.04. The average molecular weight is 325 g/mol. The Labute approximate surface area is 140 Å². The molecule has 23 heavy (non-hydrogen) atoms. The molecule has 1 aromatic heterocycles. The summed E-state index contributed by atoms with van der Waals surface area (Å²) >= 11 is 1.68. The molecular weight excluding hydrogens is 306 g/mol. The fraction of sp³-hybridized carbons (Fsp3) is 0.222. The molecular formula is C18H19N3OS. The molecule has 3 aromatic rings. The number of hydrogen-bond acceptors (Lipinski definition) is 4. The predicted molar refractivity (Wildman–Crippen MR) is 94.4 cm³/mol. The lowest BCUT2D eigenvalue weighted by atomic mass is 10.2. The molecule has 0 unspecified atom stereocenters. The molecule has 0 spiro atoms. The van der Waals surface area contributed by atoms with Gasteiger partial charge in [-0.15, -0.1) is 10.2 Å². The van der Waals surface area contributed by atoms with Gasteiger partial charge in [0.05, 0.1) is 6.61 Å². The van der Waals surface area contributed by atoms with Crippen molar-refractivity contribution in [1.82, 2.24) is 14.8 Å². The summed E-state index contributed by atoms with van der Waals surface area (Å²) in [5, 5.41) is 9.66. The molecule has 0 aliphatic rings. The first-order valence-electron chi connectivity index (χ1n) is 7.70. The summed E-state index contributed by atoms with van der Waals surface area (Å²) < 4.78 is 7.62. The van der Waals surface area contributed by atoms with E-state index < -0.39 is 0 Å². The van der Waals surface area contributed by atoms with Gasteiger partial charge in [-0.2, -0.15) is 0 Å². The van der Waals surface area contributed by atoms with Crippen molar-refractivity contribution in [3.05, 3.63) is 54.6 Å². The van der Waals surface area contributed by atoms with Crippen LogP contribution < -0.4 is 4.74 Å². The first kappa shape index (κ1) is 15.6. The normalized spacial score (nSPS) is 10.7. The van der Waals surface area contributed by atoms with E-state index in [-0.39, 0.29) is 0 Å². The van der Waals surface area contributed by atoms with Crippen LogP contribution in [0.1, 0.15) is 13.8 Å². The van der Waals surface area contributed by atoms with Crippen molar-refractivity contribution < 1.29 is 4.74 Å². The highest BCUT2D eigenvalue weighted by Crippen LogP contribution is 2.28. The molecule has 4 nitrogen and oxygen atoms in total. The molecule has 0 atom stereocenters. The summed E-state index contributed by atoms with van der Waals surface area (Å²) in [7, 11) is 0. The minimum absolute atomic E-state index is 0.665. The molecule has 5 heteroatoms. The van der Waals surface area contributed by atoms with Crippen LogP contribution in [0.5, 0.6) is 5.75 Å². The van der Waals surface area contributed by atoms with Crippen LogP contribution >= 0.6 is 11.8 Å². The smallest absolute Gasteiger partial charge is 0.196 e. The van der Waals surface area contributed by atoms with Crippen LogP contribution in [0.25, 0.3) is 17.1 Å². The SMILES string of the molecule is CCOc1ccc(-n2c(SCC)nnc2-c2ccccc2)cc1. The van der Waals surface area contributed by atoms with Crippen molar-refractivity contribution in [2.75, 3.05) is 12.4 Å². The molecule has 0 saturated carbocycles. The second-order valence-corrected chi connectivity index (χ2v) is 6.10. The molecule has 0 aliphatic carbocycles. The Morgan fingerprint density at radius 1 is 0.957 bits per heavy atom. The third kappa shape index (κ3) is 3.40. The zero-order chi connectivity index (χ0) is 16.1. The van der Waals surface area contributed by atoms with E-state index in [0.29, 0.717) is 6.61 Å². The maximum atomic E-state index is 5.53. The van der Waals surface area contributed by atoms with Crippen molar-refractivity contribution >= 4 is 11.8 Å². The molecule has 0 N–H and O–H groups in total. The quantitative estimate of drug-likeness (QED) is 0.628. The molecule has 0 saturated heterocycles. The Balaban J connectivity index is 2.06. The van der Waals surface area contributed by atoms with Crippen molar-refractivity contribution in [3.8, 4) is 22.8 Å². The van der Waals surface area contributed by atoms with Gasteiger partial charge in [0.1, 0.15) is 5.75 Å². The highest BCUT2D eigenvalue weighted by Gasteiger charge is 2.15. The van der Waals surface area contributed by atoms with Crippen LogP contribution in [0.2, 0.25) is 0 Å². The fourth-order valence-electron chi connectivity index (χ4n) is 2.36. The van der Waals surface area contributed by atoms with Gasteiger partial charge in [0.25, 0.3) is 0 Å². The molecule has 0 fully saturated rings. The zero-order valence-electron chi connectivity index (χ0n) is 13.3. The van der Waals surface area contributed by atoms with Crippen LogP contribution in [0, 0.1) is 0 Å². The summed E-state index contributed by atoms with van der Waals surface area (Å²) in [5.74, 6) is 2.67. The summed E-state index contributed by atoms with van der Waals surface area (Å²) in [5.41, 5.74) is 2.09. The van der Waals surface area contributed by atoms with Gasteiger partial charge in [-0.1, -0.05) is 49.0 Å². The molecule has 0 bridgehead atoms. The Morgan fingerprint density at radius 2 is 1.70 bits per heavy atom. The second-order valence-electron chi connectivity index (χ2n) is 4.87. The predicted octanol–water partition coefficient (Wildman–Crippen LogP) is 4.45. The summed E-state index contributed by atoms with van der Waals surface area (Å²) in [4.78, 5) is 0. The van der Waals surface area contributed by atoms with Gasteiger partial charge in [0, 0.05) is 11.3 Å². The van der Waals surface area contributed by atoms with Gasteiger partial charge < -0.3 is 4.74 Å². The second kappa shape index (κ2) is 7.33. The highest BCUT2D eigenvalue weighted by molar-refractivity contribution is 7.99. The summed E-state index contributed by atoms with van der Waals surface area (Å²) in [6.07, 6.45) is 0. The lowest BCUT2D eigenvalue weighted by Crippen LogP contribution is -2.00. The average Bonchev–Trinajstić information content (AvgIpc) is 3.01. The van der Waals surface area contributed by atoms with E-state index in [1.54, 1.807) is 11.8 Å². The van der Waals surface area contributed by atoms with E-state index in [0.717, 1.165) is 33.7 Å². The Hall–Kier alpha value is -2.27. The Bertz CT molecular complexity index is 754. The van der Waals surface area contributed by atoms with E-state index in [4.69, 9.17) is 4.74 Å².